The van der Waals surface area contributed by atoms with Crippen LogP contribution in [-0.2, 0) is 23.8 Å². The van der Waals surface area contributed by atoms with E-state index < -0.39 is 6.10 Å². The quantitative estimate of drug-likeness (QED) is 0.0353. The molecule has 0 spiro atoms. The molecule has 0 aliphatic carbocycles. The van der Waals surface area contributed by atoms with E-state index in [1.807, 2.05) is 0 Å². The van der Waals surface area contributed by atoms with Crippen molar-refractivity contribution in [2.24, 2.45) is 0 Å². The van der Waals surface area contributed by atoms with Crippen LogP contribution in [0.15, 0.2) is 48.6 Å². The first-order chi connectivity index (χ1) is 26.6. The predicted molar refractivity (Wildman–Crippen MR) is 233 cm³/mol. The molecular formula is C49H88O5. The number of hydrogen-bond acceptors (Lipinski definition) is 5. The molecule has 5 nitrogen and oxygen atoms in total. The Morgan fingerprint density at radius 1 is 0.426 bits per heavy atom. The van der Waals surface area contributed by atoms with Gasteiger partial charge in [0.2, 0.25) is 0 Å². The largest absolute Gasteiger partial charge is 0.462 e. The Morgan fingerprint density at radius 2 is 0.833 bits per heavy atom. The van der Waals surface area contributed by atoms with Crippen LogP contribution < -0.4 is 0 Å². The number of carbonyl (C=O) groups is 2. The average molecular weight is 757 g/mol. The summed E-state index contributed by atoms with van der Waals surface area (Å²) in [6.45, 7) is 7.68. The highest BCUT2D eigenvalue weighted by molar-refractivity contribution is 5.70. The maximum Gasteiger partial charge on any atom is 0.306 e. The summed E-state index contributed by atoms with van der Waals surface area (Å²) < 4.78 is 17.3. The second-order valence-electron chi connectivity index (χ2n) is 15.3. The first kappa shape index (κ1) is 51.9. The summed E-state index contributed by atoms with van der Waals surface area (Å²) in [5, 5.41) is 0. The second kappa shape index (κ2) is 45.3. The Morgan fingerprint density at radius 3 is 1.33 bits per heavy atom. The zero-order valence-corrected chi connectivity index (χ0v) is 36.0. The summed E-state index contributed by atoms with van der Waals surface area (Å²) in [5.74, 6) is -0.413. The standard InChI is InChI=1S/C49H88O5/c1-4-7-10-13-16-18-20-22-23-24-25-26-27-28-29-31-34-36-39-42-48(50)53-46-47(54-49(51)43-40-37-33-15-12-9-6-3)45-52-44-41-38-35-32-30-21-19-17-14-11-8-5-2/h7,10,16,18,22-23,25-26,47H,4-6,8-9,11-15,17,19-21,24,27-46H2,1-3H3/b10-7-,18-16-,23-22-,26-25-. The van der Waals surface area contributed by atoms with Crippen molar-refractivity contribution in [2.45, 2.75) is 232 Å². The Bertz CT molecular complexity index is 904. The Balaban J connectivity index is 4.14. The van der Waals surface area contributed by atoms with Gasteiger partial charge in [0, 0.05) is 19.4 Å². The summed E-state index contributed by atoms with van der Waals surface area (Å²) in [6, 6.07) is 0. The summed E-state index contributed by atoms with van der Waals surface area (Å²) in [5.41, 5.74) is 0. The fourth-order valence-electron chi connectivity index (χ4n) is 6.44. The molecule has 0 aromatic carbocycles. The molecule has 0 saturated carbocycles. The van der Waals surface area contributed by atoms with Gasteiger partial charge < -0.3 is 14.2 Å². The first-order valence-electron chi connectivity index (χ1n) is 23.2. The lowest BCUT2D eigenvalue weighted by molar-refractivity contribution is -0.163. The predicted octanol–water partition coefficient (Wildman–Crippen LogP) is 15.2. The number of rotatable bonds is 42. The number of hydrogen-bond donors (Lipinski definition) is 0. The van der Waals surface area contributed by atoms with Crippen LogP contribution in [0.2, 0.25) is 0 Å². The Hall–Kier alpha value is -2.14. The molecular weight excluding hydrogens is 669 g/mol. The third kappa shape index (κ3) is 42.6. The van der Waals surface area contributed by atoms with E-state index in [1.54, 1.807) is 0 Å². The van der Waals surface area contributed by atoms with Crippen molar-refractivity contribution < 1.29 is 23.8 Å². The van der Waals surface area contributed by atoms with E-state index in [0.29, 0.717) is 19.4 Å². The molecule has 0 aromatic rings. The maximum absolute atomic E-state index is 12.6. The number of unbranched alkanes of at least 4 members (excludes halogenated alkanes) is 23. The van der Waals surface area contributed by atoms with Gasteiger partial charge in [-0.1, -0.05) is 204 Å². The topological polar surface area (TPSA) is 61.8 Å². The van der Waals surface area contributed by atoms with Crippen LogP contribution in [0, 0.1) is 0 Å². The SMILES string of the molecule is CC/C=C\C/C=C\C/C=C\C/C=C\CCCCCCCCC(=O)OCC(COCCCCCCCCCCCCCC)OC(=O)CCCCCCCCC. The summed E-state index contributed by atoms with van der Waals surface area (Å²) >= 11 is 0. The number of ether oxygens (including phenoxy) is 3. The van der Waals surface area contributed by atoms with Gasteiger partial charge in [0.05, 0.1) is 6.61 Å². The number of allylic oxidation sites excluding steroid dienone is 8. The average Bonchev–Trinajstić information content (AvgIpc) is 3.17. The van der Waals surface area contributed by atoms with Crippen LogP contribution in [0.5, 0.6) is 0 Å². The molecule has 314 valence electrons. The minimum atomic E-state index is -0.534. The van der Waals surface area contributed by atoms with E-state index in [-0.39, 0.29) is 25.2 Å². The lowest BCUT2D eigenvalue weighted by Gasteiger charge is -2.18. The molecule has 54 heavy (non-hydrogen) atoms. The fourth-order valence-corrected chi connectivity index (χ4v) is 6.44. The Labute approximate surface area is 335 Å². The van der Waals surface area contributed by atoms with Crippen molar-refractivity contribution in [3.8, 4) is 0 Å². The number of esters is 2. The van der Waals surface area contributed by atoms with E-state index in [9.17, 15) is 9.59 Å². The van der Waals surface area contributed by atoms with Gasteiger partial charge in [-0.3, -0.25) is 9.59 Å². The zero-order chi connectivity index (χ0) is 39.3. The maximum atomic E-state index is 12.6. The highest BCUT2D eigenvalue weighted by Crippen LogP contribution is 2.14. The second-order valence-corrected chi connectivity index (χ2v) is 15.3. The monoisotopic (exact) mass is 757 g/mol. The third-order valence-corrected chi connectivity index (χ3v) is 9.88. The first-order valence-corrected chi connectivity index (χ1v) is 23.2. The van der Waals surface area contributed by atoms with Crippen molar-refractivity contribution in [3.63, 3.8) is 0 Å². The summed E-state index contributed by atoms with van der Waals surface area (Å²) in [4.78, 5) is 25.1. The summed E-state index contributed by atoms with van der Waals surface area (Å²) in [7, 11) is 0. The lowest BCUT2D eigenvalue weighted by atomic mass is 10.1. The van der Waals surface area contributed by atoms with Gasteiger partial charge in [-0.15, -0.1) is 0 Å². The van der Waals surface area contributed by atoms with E-state index in [4.69, 9.17) is 14.2 Å². The van der Waals surface area contributed by atoms with Gasteiger partial charge in [-0.2, -0.15) is 0 Å². The van der Waals surface area contributed by atoms with Crippen molar-refractivity contribution in [1.29, 1.82) is 0 Å². The van der Waals surface area contributed by atoms with Gasteiger partial charge in [0.1, 0.15) is 6.61 Å². The molecule has 0 N–H and O–H groups in total. The van der Waals surface area contributed by atoms with Gasteiger partial charge in [-0.05, 0) is 57.8 Å². The lowest BCUT2D eigenvalue weighted by Crippen LogP contribution is -2.30. The molecule has 0 radical (unpaired) electrons. The van der Waals surface area contributed by atoms with Crippen LogP contribution in [0.3, 0.4) is 0 Å². The van der Waals surface area contributed by atoms with Gasteiger partial charge >= 0.3 is 11.9 Å². The van der Waals surface area contributed by atoms with Crippen molar-refractivity contribution >= 4 is 11.9 Å². The smallest absolute Gasteiger partial charge is 0.306 e. The zero-order valence-electron chi connectivity index (χ0n) is 36.0. The van der Waals surface area contributed by atoms with Crippen LogP contribution in [0.1, 0.15) is 226 Å². The fraction of sp³-hybridized carbons (Fsp3) is 0.796. The molecule has 0 heterocycles. The molecule has 1 unspecified atom stereocenters. The van der Waals surface area contributed by atoms with E-state index >= 15 is 0 Å². The molecule has 0 rings (SSSR count). The number of carbonyl (C=O) groups excluding carboxylic acids is 2. The van der Waals surface area contributed by atoms with Crippen molar-refractivity contribution in [3.05, 3.63) is 48.6 Å². The van der Waals surface area contributed by atoms with Crippen LogP contribution in [0.25, 0.3) is 0 Å². The van der Waals surface area contributed by atoms with Crippen LogP contribution in [0.4, 0.5) is 0 Å². The van der Waals surface area contributed by atoms with Gasteiger partial charge in [-0.25, -0.2) is 0 Å². The molecule has 0 aliphatic heterocycles. The molecule has 0 saturated heterocycles. The minimum Gasteiger partial charge on any atom is -0.462 e. The van der Waals surface area contributed by atoms with Crippen molar-refractivity contribution in [2.75, 3.05) is 19.8 Å². The normalized spacial score (nSPS) is 12.6. The molecule has 0 bridgehead atoms. The molecule has 0 fully saturated rings. The highest BCUT2D eigenvalue weighted by atomic mass is 16.6. The van der Waals surface area contributed by atoms with Gasteiger partial charge in [0.25, 0.3) is 0 Å². The Kier molecular flexibility index (Phi) is 43.5. The molecule has 0 aromatic heterocycles. The molecule has 0 aliphatic rings. The molecule has 5 heteroatoms. The van der Waals surface area contributed by atoms with Crippen molar-refractivity contribution in [1.82, 2.24) is 0 Å². The summed E-state index contributed by atoms with van der Waals surface area (Å²) in [6.07, 6.45) is 54.0. The van der Waals surface area contributed by atoms with E-state index in [0.717, 1.165) is 70.6 Å². The highest BCUT2D eigenvalue weighted by Gasteiger charge is 2.17. The third-order valence-electron chi connectivity index (χ3n) is 9.88. The minimum absolute atomic E-state index is 0.0807. The molecule has 0 amide bonds. The van der Waals surface area contributed by atoms with Crippen LogP contribution >= 0.6 is 0 Å². The molecule has 1 atom stereocenters. The van der Waals surface area contributed by atoms with E-state index in [1.165, 1.54) is 122 Å². The van der Waals surface area contributed by atoms with Gasteiger partial charge in [0.15, 0.2) is 6.10 Å². The van der Waals surface area contributed by atoms with E-state index in [2.05, 4.69) is 69.4 Å². The van der Waals surface area contributed by atoms with Crippen LogP contribution in [-0.4, -0.2) is 37.9 Å².